The number of aryl methyl sites for hydroxylation is 2. The summed E-state index contributed by atoms with van der Waals surface area (Å²) in [4.78, 5) is 12.3. The summed E-state index contributed by atoms with van der Waals surface area (Å²) in [7, 11) is 0. The second-order valence-electron chi connectivity index (χ2n) is 7.04. The predicted octanol–water partition coefficient (Wildman–Crippen LogP) is 3.75. The van der Waals surface area contributed by atoms with E-state index in [1.54, 1.807) is 0 Å². The summed E-state index contributed by atoms with van der Waals surface area (Å²) in [5.74, 6) is 0.438. The number of hydrogen-bond acceptors (Lipinski definition) is 2. The highest BCUT2D eigenvalue weighted by Gasteiger charge is 2.25. The zero-order valence-electron chi connectivity index (χ0n) is 13.4. The van der Waals surface area contributed by atoms with Gasteiger partial charge in [-0.3, -0.25) is 4.79 Å². The van der Waals surface area contributed by atoms with Crippen molar-refractivity contribution in [2.75, 3.05) is 13.2 Å². The summed E-state index contributed by atoms with van der Waals surface area (Å²) in [6.45, 7) is 12.3. The minimum absolute atomic E-state index is 0.107. The molecule has 0 aromatic heterocycles. The van der Waals surface area contributed by atoms with E-state index in [1.807, 2.05) is 0 Å². The van der Waals surface area contributed by atoms with Crippen LogP contribution >= 0.6 is 0 Å². The molecule has 0 spiro atoms. The number of carbonyl (C=O) groups is 1. The molecule has 0 radical (unpaired) electrons. The van der Waals surface area contributed by atoms with Crippen LogP contribution in [0.25, 0.3) is 0 Å². The first kappa shape index (κ1) is 15.2. The number of ketones is 1. The summed E-state index contributed by atoms with van der Waals surface area (Å²) in [6.07, 6.45) is 1.44. The van der Waals surface area contributed by atoms with E-state index in [4.69, 9.17) is 4.74 Å². The molecule has 2 heteroatoms. The van der Waals surface area contributed by atoms with Crippen LogP contribution in [0.4, 0.5) is 0 Å². The first-order valence-corrected chi connectivity index (χ1v) is 7.50. The molecule has 1 atom stereocenters. The Kier molecular flexibility index (Phi) is 4.33. The molecule has 20 heavy (non-hydrogen) atoms. The molecule has 0 saturated carbocycles. The molecule has 1 aromatic carbocycles. The molecule has 0 amide bonds. The lowest BCUT2D eigenvalue weighted by Gasteiger charge is -2.22. The highest BCUT2D eigenvalue weighted by Crippen LogP contribution is 2.28. The zero-order chi connectivity index (χ0) is 14.9. The Labute approximate surface area is 122 Å². The van der Waals surface area contributed by atoms with Gasteiger partial charge in [-0.05, 0) is 47.9 Å². The molecule has 1 aliphatic heterocycles. The molecule has 0 N–H and O–H groups in total. The van der Waals surface area contributed by atoms with Gasteiger partial charge in [0, 0.05) is 18.9 Å². The van der Waals surface area contributed by atoms with Crippen LogP contribution in [0.1, 0.15) is 49.4 Å². The van der Waals surface area contributed by atoms with Gasteiger partial charge in [-0.15, -0.1) is 0 Å². The van der Waals surface area contributed by atoms with Crippen molar-refractivity contribution in [3.8, 4) is 0 Å². The third-order valence-corrected chi connectivity index (χ3v) is 4.30. The Hall–Kier alpha value is -1.15. The van der Waals surface area contributed by atoms with Crippen molar-refractivity contribution in [3.63, 3.8) is 0 Å². The molecule has 1 aliphatic rings. The number of carbonyl (C=O) groups excluding carboxylic acids is 1. The fourth-order valence-electron chi connectivity index (χ4n) is 2.81. The quantitative estimate of drug-likeness (QED) is 0.839. The van der Waals surface area contributed by atoms with Gasteiger partial charge in [0.1, 0.15) is 5.78 Å². The number of benzene rings is 1. The van der Waals surface area contributed by atoms with Gasteiger partial charge < -0.3 is 4.74 Å². The number of ether oxygens (including phenoxy) is 1. The second kappa shape index (κ2) is 5.69. The predicted molar refractivity (Wildman–Crippen MR) is 82.3 cm³/mol. The third kappa shape index (κ3) is 3.29. The van der Waals surface area contributed by atoms with E-state index >= 15 is 0 Å². The maximum atomic E-state index is 12.3. The van der Waals surface area contributed by atoms with E-state index in [2.05, 4.69) is 46.8 Å². The zero-order valence-corrected chi connectivity index (χ0v) is 13.4. The van der Waals surface area contributed by atoms with E-state index < -0.39 is 0 Å². The summed E-state index contributed by atoms with van der Waals surface area (Å²) >= 11 is 0. The molecule has 1 saturated heterocycles. The average molecular weight is 274 g/mol. The smallest absolute Gasteiger partial charge is 0.142 e. The van der Waals surface area contributed by atoms with E-state index in [0.717, 1.165) is 13.0 Å². The lowest BCUT2D eigenvalue weighted by Crippen LogP contribution is -2.19. The van der Waals surface area contributed by atoms with Crippen LogP contribution in [-0.4, -0.2) is 19.0 Å². The van der Waals surface area contributed by atoms with Gasteiger partial charge in [-0.2, -0.15) is 0 Å². The Morgan fingerprint density at radius 3 is 2.30 bits per heavy atom. The maximum Gasteiger partial charge on any atom is 0.142 e. The van der Waals surface area contributed by atoms with Gasteiger partial charge in [0.2, 0.25) is 0 Å². The standard InChI is InChI=1S/C18H26O2/c1-12-8-15(18(3,4)5)9-13(2)16(12)10-17(19)14-6-7-20-11-14/h8-9,14H,6-7,10-11H2,1-5H3. The van der Waals surface area contributed by atoms with Crippen molar-refractivity contribution in [1.29, 1.82) is 0 Å². The Balaban J connectivity index is 2.22. The SMILES string of the molecule is Cc1cc(C(C)(C)C)cc(C)c1CC(=O)C1CCOC1. The van der Waals surface area contributed by atoms with Crippen LogP contribution in [0.2, 0.25) is 0 Å². The highest BCUT2D eigenvalue weighted by molar-refractivity contribution is 5.84. The van der Waals surface area contributed by atoms with Crippen molar-refractivity contribution < 1.29 is 9.53 Å². The summed E-state index contributed by atoms with van der Waals surface area (Å²) in [5, 5.41) is 0. The van der Waals surface area contributed by atoms with Gasteiger partial charge in [-0.1, -0.05) is 32.9 Å². The van der Waals surface area contributed by atoms with Crippen LogP contribution in [-0.2, 0) is 21.4 Å². The normalized spacial score (nSPS) is 19.4. The number of hydrogen-bond donors (Lipinski definition) is 0. The summed E-state index contributed by atoms with van der Waals surface area (Å²) < 4.78 is 5.32. The molecular formula is C18H26O2. The third-order valence-electron chi connectivity index (χ3n) is 4.30. The molecule has 110 valence electrons. The maximum absolute atomic E-state index is 12.3. The highest BCUT2D eigenvalue weighted by atomic mass is 16.5. The minimum atomic E-state index is 0.107. The monoisotopic (exact) mass is 274 g/mol. The molecule has 2 rings (SSSR count). The van der Waals surface area contributed by atoms with Crippen LogP contribution in [0.5, 0.6) is 0 Å². The number of rotatable bonds is 3. The van der Waals surface area contributed by atoms with E-state index in [9.17, 15) is 4.79 Å². The fraction of sp³-hybridized carbons (Fsp3) is 0.611. The van der Waals surface area contributed by atoms with Crippen LogP contribution in [0.15, 0.2) is 12.1 Å². The van der Waals surface area contributed by atoms with Gasteiger partial charge >= 0.3 is 0 Å². The fourth-order valence-corrected chi connectivity index (χ4v) is 2.81. The van der Waals surface area contributed by atoms with E-state index in [-0.39, 0.29) is 11.3 Å². The van der Waals surface area contributed by atoms with Crippen LogP contribution < -0.4 is 0 Å². The molecule has 1 aromatic rings. The van der Waals surface area contributed by atoms with Crippen molar-refractivity contribution >= 4 is 5.78 Å². The van der Waals surface area contributed by atoms with Crippen LogP contribution in [0.3, 0.4) is 0 Å². The first-order chi connectivity index (χ1) is 9.29. The van der Waals surface area contributed by atoms with Gasteiger partial charge in [0.05, 0.1) is 6.61 Å². The Bertz CT molecular complexity index is 480. The van der Waals surface area contributed by atoms with Gasteiger partial charge in [0.15, 0.2) is 0 Å². The minimum Gasteiger partial charge on any atom is -0.381 e. The molecule has 1 fully saturated rings. The number of Topliss-reactive ketones (excluding diaryl/α,β-unsaturated/α-hetero) is 1. The lowest BCUT2D eigenvalue weighted by molar-refractivity contribution is -0.122. The molecule has 1 unspecified atom stereocenters. The van der Waals surface area contributed by atoms with Crippen molar-refractivity contribution in [3.05, 3.63) is 34.4 Å². The summed E-state index contributed by atoms with van der Waals surface area (Å²) in [5.41, 5.74) is 5.17. The van der Waals surface area contributed by atoms with Crippen molar-refractivity contribution in [1.82, 2.24) is 0 Å². The Morgan fingerprint density at radius 2 is 1.85 bits per heavy atom. The molecular weight excluding hydrogens is 248 g/mol. The van der Waals surface area contributed by atoms with Crippen molar-refractivity contribution in [2.45, 2.75) is 52.9 Å². The average Bonchev–Trinajstić information content (AvgIpc) is 2.85. The molecule has 0 bridgehead atoms. The first-order valence-electron chi connectivity index (χ1n) is 7.50. The molecule has 2 nitrogen and oxygen atoms in total. The van der Waals surface area contributed by atoms with Crippen molar-refractivity contribution in [2.24, 2.45) is 5.92 Å². The van der Waals surface area contributed by atoms with Crippen LogP contribution in [0, 0.1) is 19.8 Å². The van der Waals surface area contributed by atoms with Gasteiger partial charge in [-0.25, -0.2) is 0 Å². The summed E-state index contributed by atoms with van der Waals surface area (Å²) in [6, 6.07) is 4.47. The molecule has 1 heterocycles. The lowest BCUT2D eigenvalue weighted by atomic mass is 9.82. The van der Waals surface area contributed by atoms with E-state index in [0.29, 0.717) is 18.8 Å². The topological polar surface area (TPSA) is 26.3 Å². The largest absolute Gasteiger partial charge is 0.381 e. The van der Waals surface area contributed by atoms with E-state index in [1.165, 1.54) is 22.3 Å². The van der Waals surface area contributed by atoms with Gasteiger partial charge in [0.25, 0.3) is 0 Å². The second-order valence-corrected chi connectivity index (χ2v) is 7.04. The molecule has 0 aliphatic carbocycles. The Morgan fingerprint density at radius 1 is 1.25 bits per heavy atom.